The first-order valence-corrected chi connectivity index (χ1v) is 10.8. The van der Waals surface area contributed by atoms with Gasteiger partial charge in [-0.05, 0) is 23.6 Å². The molecular weight excluding hydrogens is 443 g/mol. The molecule has 1 aromatic carbocycles. The van der Waals surface area contributed by atoms with Crippen LogP contribution in [0.15, 0.2) is 34.4 Å². The van der Waals surface area contributed by atoms with E-state index in [-0.39, 0.29) is 34.4 Å². The number of nitrogens with one attached hydrogen (secondary N) is 1. The molecule has 32 heavy (non-hydrogen) atoms. The van der Waals surface area contributed by atoms with Gasteiger partial charge in [0.05, 0.1) is 11.1 Å². The molecule has 1 aliphatic heterocycles. The highest BCUT2D eigenvalue weighted by Gasteiger charge is 2.36. The molecular formula is C21H24F3N5O2S. The molecule has 3 N–H and O–H groups in total. The zero-order valence-electron chi connectivity index (χ0n) is 17.9. The smallest absolute Gasteiger partial charge is 0.417 e. The van der Waals surface area contributed by atoms with E-state index in [0.29, 0.717) is 29.3 Å². The van der Waals surface area contributed by atoms with Crippen molar-refractivity contribution in [3.63, 3.8) is 0 Å². The summed E-state index contributed by atoms with van der Waals surface area (Å²) in [5, 5.41) is 3.77. The van der Waals surface area contributed by atoms with E-state index in [0.717, 1.165) is 24.4 Å². The number of ether oxygens (including phenoxy) is 2. The molecule has 0 bridgehead atoms. The van der Waals surface area contributed by atoms with Crippen molar-refractivity contribution in [1.82, 2.24) is 19.9 Å². The van der Waals surface area contributed by atoms with Gasteiger partial charge in [-0.15, -0.1) is 0 Å². The molecule has 0 amide bonds. The van der Waals surface area contributed by atoms with Crippen LogP contribution in [0.25, 0.3) is 11.0 Å². The summed E-state index contributed by atoms with van der Waals surface area (Å²) in [6.07, 6.45) is -3.00. The molecule has 0 fully saturated rings. The van der Waals surface area contributed by atoms with Gasteiger partial charge in [-0.2, -0.15) is 13.2 Å². The normalized spacial score (nSPS) is 13.8. The van der Waals surface area contributed by atoms with E-state index in [1.54, 1.807) is 12.3 Å². The summed E-state index contributed by atoms with van der Waals surface area (Å²) in [7, 11) is 0. The molecule has 3 aromatic rings. The standard InChI is InChI=1S/C21H24F3N5O2S/c1-20(2,3)10-26-6-7-29-13-4-5-27-18(25)17(13)28-19(29)32-16-9-15-14(30-11-31-15)8-12(16)21(22,23)24/h4-5,8-9,26H,6-7,10-11H2,1-3H3,(H2,25,27). The van der Waals surface area contributed by atoms with Crippen LogP contribution in [0.4, 0.5) is 19.0 Å². The van der Waals surface area contributed by atoms with Crippen LogP contribution in [0.2, 0.25) is 0 Å². The minimum absolute atomic E-state index is 0.0208. The number of nitrogens with two attached hydrogens (primary N) is 1. The van der Waals surface area contributed by atoms with E-state index in [1.165, 1.54) is 6.07 Å². The molecule has 2 aromatic heterocycles. The summed E-state index contributed by atoms with van der Waals surface area (Å²) in [5.41, 5.74) is 6.47. The van der Waals surface area contributed by atoms with Crippen molar-refractivity contribution < 1.29 is 22.6 Å². The molecule has 0 radical (unpaired) electrons. The van der Waals surface area contributed by atoms with E-state index in [1.807, 2.05) is 4.57 Å². The van der Waals surface area contributed by atoms with Gasteiger partial charge < -0.3 is 25.1 Å². The SMILES string of the molecule is CC(C)(C)CNCCn1c(Sc2cc3c(cc2C(F)(F)F)OCO3)nc2c(N)nccc21. The maximum atomic E-state index is 13.8. The van der Waals surface area contributed by atoms with Gasteiger partial charge in [-0.25, -0.2) is 9.97 Å². The summed E-state index contributed by atoms with van der Waals surface area (Å²) in [6, 6.07) is 4.08. The Bertz CT molecular complexity index is 1140. The molecule has 0 aliphatic carbocycles. The average Bonchev–Trinajstić information content (AvgIpc) is 3.28. The highest BCUT2D eigenvalue weighted by molar-refractivity contribution is 7.99. The summed E-state index contributed by atoms with van der Waals surface area (Å²) >= 11 is 0.917. The predicted octanol–water partition coefficient (Wildman–Crippen LogP) is 4.55. The first-order valence-electron chi connectivity index (χ1n) is 10.0. The minimum atomic E-state index is -4.56. The summed E-state index contributed by atoms with van der Waals surface area (Å²) in [4.78, 5) is 8.56. The predicted molar refractivity (Wildman–Crippen MR) is 116 cm³/mol. The highest BCUT2D eigenvalue weighted by atomic mass is 32.2. The molecule has 0 atom stereocenters. The van der Waals surface area contributed by atoms with E-state index in [4.69, 9.17) is 15.2 Å². The Morgan fingerprint density at radius 2 is 1.91 bits per heavy atom. The lowest BCUT2D eigenvalue weighted by atomic mass is 9.97. The number of hydrogen-bond donors (Lipinski definition) is 2. The second-order valence-corrected chi connectivity index (χ2v) is 9.66. The lowest BCUT2D eigenvalue weighted by Gasteiger charge is -2.19. The fourth-order valence-corrected chi connectivity index (χ4v) is 4.41. The van der Waals surface area contributed by atoms with Crippen LogP contribution in [-0.4, -0.2) is 34.4 Å². The second kappa shape index (κ2) is 8.36. The van der Waals surface area contributed by atoms with Gasteiger partial charge in [0.2, 0.25) is 6.79 Å². The number of nitrogens with zero attached hydrogens (tertiary/aromatic N) is 3. The number of nitrogen functional groups attached to an aromatic ring is 1. The third-order valence-electron chi connectivity index (χ3n) is 4.81. The van der Waals surface area contributed by atoms with Crippen LogP contribution in [0.5, 0.6) is 11.5 Å². The Hall–Kier alpha value is -2.66. The third kappa shape index (κ3) is 4.73. The Morgan fingerprint density at radius 3 is 2.59 bits per heavy atom. The van der Waals surface area contributed by atoms with Crippen molar-refractivity contribution in [2.24, 2.45) is 5.41 Å². The lowest BCUT2D eigenvalue weighted by molar-refractivity contribution is -0.139. The largest absolute Gasteiger partial charge is 0.454 e. The average molecular weight is 468 g/mol. The molecule has 7 nitrogen and oxygen atoms in total. The fourth-order valence-electron chi connectivity index (χ4n) is 3.33. The summed E-state index contributed by atoms with van der Waals surface area (Å²) < 4.78 is 53.6. The van der Waals surface area contributed by atoms with Crippen LogP contribution >= 0.6 is 11.8 Å². The fraction of sp³-hybridized carbons (Fsp3) is 0.429. The molecule has 11 heteroatoms. The zero-order chi connectivity index (χ0) is 23.1. The van der Waals surface area contributed by atoms with Crippen LogP contribution in [-0.2, 0) is 12.7 Å². The van der Waals surface area contributed by atoms with E-state index >= 15 is 0 Å². The Kier molecular flexibility index (Phi) is 5.89. The van der Waals surface area contributed by atoms with Crippen LogP contribution < -0.4 is 20.5 Å². The van der Waals surface area contributed by atoms with Gasteiger partial charge in [-0.3, -0.25) is 0 Å². The van der Waals surface area contributed by atoms with Gasteiger partial charge in [-0.1, -0.05) is 32.5 Å². The van der Waals surface area contributed by atoms with Gasteiger partial charge in [0.25, 0.3) is 0 Å². The number of halogens is 3. The van der Waals surface area contributed by atoms with Crippen molar-refractivity contribution in [2.75, 3.05) is 25.6 Å². The Morgan fingerprint density at radius 1 is 1.19 bits per heavy atom. The Balaban J connectivity index is 1.71. The zero-order valence-corrected chi connectivity index (χ0v) is 18.7. The number of rotatable bonds is 6. The molecule has 172 valence electrons. The minimum Gasteiger partial charge on any atom is -0.454 e. The van der Waals surface area contributed by atoms with Crippen molar-refractivity contribution in [3.8, 4) is 11.5 Å². The van der Waals surface area contributed by atoms with Crippen molar-refractivity contribution >= 4 is 28.6 Å². The maximum Gasteiger partial charge on any atom is 0.417 e. The molecule has 0 spiro atoms. The third-order valence-corrected chi connectivity index (χ3v) is 5.86. The Labute approximate surface area is 187 Å². The number of benzene rings is 1. The number of imidazole rings is 1. The van der Waals surface area contributed by atoms with Crippen LogP contribution in [0.3, 0.4) is 0 Å². The number of hydrogen-bond acceptors (Lipinski definition) is 7. The van der Waals surface area contributed by atoms with Crippen LogP contribution in [0, 0.1) is 5.41 Å². The molecule has 0 unspecified atom stereocenters. The highest BCUT2D eigenvalue weighted by Crippen LogP contribution is 2.46. The number of pyridine rings is 1. The number of fused-ring (bicyclic) bond motifs is 2. The first-order chi connectivity index (χ1) is 15.0. The van der Waals surface area contributed by atoms with Gasteiger partial charge in [0.15, 0.2) is 22.5 Å². The molecule has 1 aliphatic rings. The topological polar surface area (TPSA) is 87.2 Å². The van der Waals surface area contributed by atoms with Gasteiger partial charge >= 0.3 is 6.18 Å². The van der Waals surface area contributed by atoms with E-state index in [2.05, 4.69) is 36.1 Å². The lowest BCUT2D eigenvalue weighted by Crippen LogP contribution is -2.29. The monoisotopic (exact) mass is 467 g/mol. The molecule has 0 saturated carbocycles. The molecule has 3 heterocycles. The van der Waals surface area contributed by atoms with Crippen molar-refractivity contribution in [1.29, 1.82) is 0 Å². The van der Waals surface area contributed by atoms with Gasteiger partial charge in [0.1, 0.15) is 5.52 Å². The van der Waals surface area contributed by atoms with Gasteiger partial charge in [0, 0.05) is 30.7 Å². The summed E-state index contributed by atoms with van der Waals surface area (Å²) in [6.45, 7) is 8.18. The van der Waals surface area contributed by atoms with E-state index < -0.39 is 11.7 Å². The first kappa shape index (κ1) is 22.5. The second-order valence-electron chi connectivity index (χ2n) is 8.65. The molecule has 0 saturated heterocycles. The van der Waals surface area contributed by atoms with Crippen molar-refractivity contribution in [2.45, 2.75) is 43.5 Å². The number of alkyl halides is 3. The molecule has 4 rings (SSSR count). The van der Waals surface area contributed by atoms with Crippen LogP contribution in [0.1, 0.15) is 26.3 Å². The van der Waals surface area contributed by atoms with E-state index in [9.17, 15) is 13.2 Å². The maximum absolute atomic E-state index is 13.8. The summed E-state index contributed by atoms with van der Waals surface area (Å²) in [5.74, 6) is 0.582. The number of aromatic nitrogens is 3. The van der Waals surface area contributed by atoms with Crippen molar-refractivity contribution in [3.05, 3.63) is 30.0 Å². The quantitative estimate of drug-likeness (QED) is 0.515. The number of anilines is 1.